The molecule has 8 nitrogen and oxygen atoms in total. The highest BCUT2D eigenvalue weighted by molar-refractivity contribution is 6.28. The Hall–Kier alpha value is -3.27. The van der Waals surface area contributed by atoms with E-state index in [1.54, 1.807) is 24.8 Å². The van der Waals surface area contributed by atoms with Crippen molar-refractivity contribution in [2.45, 2.75) is 20.4 Å². The van der Waals surface area contributed by atoms with Crippen LogP contribution in [0.15, 0.2) is 23.1 Å². The molecule has 4 rings (SSSR count). The van der Waals surface area contributed by atoms with E-state index >= 15 is 8.78 Å². The summed E-state index contributed by atoms with van der Waals surface area (Å²) in [5.74, 6) is -2.60. The number of carboxylic acids is 1. The first-order valence-corrected chi connectivity index (χ1v) is 10.4. The summed E-state index contributed by atoms with van der Waals surface area (Å²) in [6, 6.07) is 2.72. The van der Waals surface area contributed by atoms with E-state index in [0.717, 1.165) is 12.3 Å². The van der Waals surface area contributed by atoms with Crippen LogP contribution in [0.25, 0.3) is 10.9 Å². The number of carboxylic acid groups (broad SMARTS) is 1. The van der Waals surface area contributed by atoms with Gasteiger partial charge in [-0.15, -0.1) is 0 Å². The zero-order chi connectivity index (χ0) is 23.2. The van der Waals surface area contributed by atoms with Crippen LogP contribution in [0.2, 0.25) is 5.28 Å². The van der Waals surface area contributed by atoms with E-state index in [1.165, 1.54) is 4.57 Å². The van der Waals surface area contributed by atoms with Crippen molar-refractivity contribution in [1.82, 2.24) is 14.5 Å². The minimum atomic E-state index is -1.44. The zero-order valence-corrected chi connectivity index (χ0v) is 18.2. The van der Waals surface area contributed by atoms with Gasteiger partial charge in [-0.2, -0.15) is 0 Å². The number of hydrogen-bond donors (Lipinski definition) is 1. The Morgan fingerprint density at radius 2 is 1.81 bits per heavy atom. The highest BCUT2D eigenvalue weighted by Gasteiger charge is 2.27. The summed E-state index contributed by atoms with van der Waals surface area (Å²) in [7, 11) is 0. The van der Waals surface area contributed by atoms with Gasteiger partial charge in [-0.1, -0.05) is 0 Å². The molecule has 11 heteroatoms. The Balaban J connectivity index is 1.72. The minimum Gasteiger partial charge on any atom is -0.477 e. The van der Waals surface area contributed by atoms with Crippen molar-refractivity contribution < 1.29 is 18.7 Å². The van der Waals surface area contributed by atoms with Crippen LogP contribution in [0.1, 0.15) is 23.0 Å². The van der Waals surface area contributed by atoms with Gasteiger partial charge in [0, 0.05) is 50.7 Å². The largest absolute Gasteiger partial charge is 0.477 e. The number of aromatic nitrogens is 3. The Labute approximate surface area is 186 Å². The molecule has 168 valence electrons. The fourth-order valence-corrected chi connectivity index (χ4v) is 4.23. The molecule has 0 saturated carbocycles. The second-order valence-corrected chi connectivity index (χ2v) is 7.83. The van der Waals surface area contributed by atoms with Crippen molar-refractivity contribution in [1.29, 1.82) is 0 Å². The summed E-state index contributed by atoms with van der Waals surface area (Å²) in [6.45, 7) is 5.21. The van der Waals surface area contributed by atoms with E-state index < -0.39 is 28.6 Å². The topological polar surface area (TPSA) is 91.6 Å². The van der Waals surface area contributed by atoms with Crippen LogP contribution in [0.3, 0.4) is 0 Å². The van der Waals surface area contributed by atoms with Crippen LogP contribution in [0, 0.1) is 18.6 Å². The van der Waals surface area contributed by atoms with E-state index in [9.17, 15) is 14.7 Å². The van der Waals surface area contributed by atoms with Crippen LogP contribution in [-0.2, 0) is 6.54 Å². The molecule has 1 aliphatic rings. The van der Waals surface area contributed by atoms with Crippen LogP contribution in [0.4, 0.5) is 20.3 Å². The normalized spacial score (nSPS) is 14.3. The molecular formula is C21H20ClF2N5O3. The third kappa shape index (κ3) is 3.75. The highest BCUT2D eigenvalue weighted by atomic mass is 35.5. The van der Waals surface area contributed by atoms with Gasteiger partial charge in [0.05, 0.1) is 10.9 Å². The summed E-state index contributed by atoms with van der Waals surface area (Å²) in [5.41, 5.74) is -1.08. The molecule has 32 heavy (non-hydrogen) atoms. The quantitative estimate of drug-likeness (QED) is 0.594. The van der Waals surface area contributed by atoms with E-state index in [1.807, 2.05) is 4.90 Å². The minimum absolute atomic E-state index is 0.112. The standard InChI is InChI=1S/C21H20ClF2N5O3/c1-3-27-10-13(20(31)32)19(30)12-9-14(23)18(16(24)17(12)27)29-6-4-28(5-7-29)15-8-11(2)25-21(22)26-15/h8-10H,3-7H2,1-2H3,(H,31,32). The first-order chi connectivity index (χ1) is 15.2. The Bertz CT molecular complexity index is 1270. The molecule has 1 aromatic carbocycles. The fourth-order valence-electron chi connectivity index (χ4n) is 4.01. The number of pyridine rings is 1. The number of benzene rings is 1. The van der Waals surface area contributed by atoms with Gasteiger partial charge in [0.2, 0.25) is 10.7 Å². The lowest BCUT2D eigenvalue weighted by atomic mass is 10.1. The molecular weight excluding hydrogens is 444 g/mol. The van der Waals surface area contributed by atoms with Crippen LogP contribution < -0.4 is 15.2 Å². The van der Waals surface area contributed by atoms with E-state index in [0.29, 0.717) is 37.7 Å². The van der Waals surface area contributed by atoms with E-state index in [2.05, 4.69) is 9.97 Å². The van der Waals surface area contributed by atoms with Gasteiger partial charge in [-0.05, 0) is 31.5 Å². The van der Waals surface area contributed by atoms with Gasteiger partial charge in [0.15, 0.2) is 5.82 Å². The molecule has 0 amide bonds. The highest BCUT2D eigenvalue weighted by Crippen LogP contribution is 2.31. The van der Waals surface area contributed by atoms with Gasteiger partial charge in [-0.3, -0.25) is 4.79 Å². The molecule has 1 aliphatic heterocycles. The Morgan fingerprint density at radius 3 is 2.41 bits per heavy atom. The average Bonchev–Trinajstić information content (AvgIpc) is 2.74. The first-order valence-electron chi connectivity index (χ1n) is 10.0. The maximum atomic E-state index is 15.6. The monoisotopic (exact) mass is 463 g/mol. The second kappa shape index (κ2) is 8.34. The third-order valence-corrected chi connectivity index (χ3v) is 5.70. The molecule has 2 aromatic heterocycles. The number of aromatic carboxylic acids is 1. The summed E-state index contributed by atoms with van der Waals surface area (Å²) in [6.07, 6.45) is 1.09. The number of fused-ring (bicyclic) bond motifs is 1. The number of halogens is 3. The molecule has 1 N–H and O–H groups in total. The number of anilines is 2. The zero-order valence-electron chi connectivity index (χ0n) is 17.4. The number of hydrogen-bond acceptors (Lipinski definition) is 6. The fraction of sp³-hybridized carbons (Fsp3) is 0.333. The van der Waals surface area contributed by atoms with Gasteiger partial charge in [0.25, 0.3) is 0 Å². The number of nitrogens with zero attached hydrogens (tertiary/aromatic N) is 5. The first kappa shape index (κ1) is 21.9. The lowest BCUT2D eigenvalue weighted by Crippen LogP contribution is -2.47. The van der Waals surface area contributed by atoms with Crippen molar-refractivity contribution in [2.75, 3.05) is 36.0 Å². The smallest absolute Gasteiger partial charge is 0.341 e. The molecule has 0 bridgehead atoms. The predicted molar refractivity (Wildman–Crippen MR) is 117 cm³/mol. The molecule has 1 saturated heterocycles. The van der Waals surface area contributed by atoms with Crippen molar-refractivity contribution in [2.24, 2.45) is 0 Å². The summed E-state index contributed by atoms with van der Waals surface area (Å²) in [4.78, 5) is 35.7. The third-order valence-electron chi connectivity index (χ3n) is 5.53. The van der Waals surface area contributed by atoms with Gasteiger partial charge in [-0.25, -0.2) is 23.5 Å². The molecule has 0 spiro atoms. The molecule has 0 radical (unpaired) electrons. The Kier molecular flexibility index (Phi) is 5.72. The van der Waals surface area contributed by atoms with Crippen molar-refractivity contribution in [3.8, 4) is 0 Å². The summed E-state index contributed by atoms with van der Waals surface area (Å²) < 4.78 is 31.9. The van der Waals surface area contributed by atoms with Crippen LogP contribution in [-0.4, -0.2) is 51.8 Å². The molecule has 3 aromatic rings. The van der Waals surface area contributed by atoms with Crippen molar-refractivity contribution >= 4 is 40.0 Å². The SMILES string of the molecule is CCn1cc(C(=O)O)c(=O)c2cc(F)c(N3CCN(c4cc(C)nc(Cl)n4)CC3)c(F)c21. The Morgan fingerprint density at radius 1 is 1.16 bits per heavy atom. The molecule has 0 unspecified atom stereocenters. The van der Waals surface area contributed by atoms with Crippen LogP contribution >= 0.6 is 11.6 Å². The number of piperazine rings is 1. The molecule has 0 atom stereocenters. The number of rotatable bonds is 4. The lowest BCUT2D eigenvalue weighted by Gasteiger charge is -2.37. The van der Waals surface area contributed by atoms with Crippen molar-refractivity contribution in [3.63, 3.8) is 0 Å². The summed E-state index contributed by atoms with van der Waals surface area (Å²) in [5, 5.41) is 9.10. The number of carbonyl (C=O) groups is 1. The maximum absolute atomic E-state index is 15.6. The predicted octanol–water partition coefficient (Wildman–Crippen LogP) is 3.08. The average molecular weight is 464 g/mol. The second-order valence-electron chi connectivity index (χ2n) is 7.49. The summed E-state index contributed by atoms with van der Waals surface area (Å²) >= 11 is 5.94. The van der Waals surface area contributed by atoms with Crippen molar-refractivity contribution in [3.05, 3.63) is 56.7 Å². The van der Waals surface area contributed by atoms with Crippen LogP contribution in [0.5, 0.6) is 0 Å². The van der Waals surface area contributed by atoms with Gasteiger partial charge < -0.3 is 19.5 Å². The van der Waals surface area contributed by atoms with E-state index in [4.69, 9.17) is 11.6 Å². The number of aryl methyl sites for hydroxylation is 2. The molecule has 3 heterocycles. The van der Waals surface area contributed by atoms with E-state index in [-0.39, 0.29) is 28.4 Å². The molecule has 0 aliphatic carbocycles. The van der Waals surface area contributed by atoms with Gasteiger partial charge >= 0.3 is 5.97 Å². The maximum Gasteiger partial charge on any atom is 0.341 e. The molecule has 1 fully saturated rings. The lowest BCUT2D eigenvalue weighted by molar-refractivity contribution is 0.0695. The van der Waals surface area contributed by atoms with Gasteiger partial charge in [0.1, 0.15) is 22.9 Å².